The van der Waals surface area contributed by atoms with E-state index in [-0.39, 0.29) is 18.7 Å². The summed E-state index contributed by atoms with van der Waals surface area (Å²) >= 11 is 0. The Morgan fingerprint density at radius 1 is 0.933 bits per heavy atom. The summed E-state index contributed by atoms with van der Waals surface area (Å²) in [4.78, 5) is 15.3. The molecule has 2 rings (SSSR count). The van der Waals surface area contributed by atoms with E-state index in [0.29, 0.717) is 29.5 Å². The summed E-state index contributed by atoms with van der Waals surface area (Å²) in [5.41, 5.74) is -7.17. The summed E-state index contributed by atoms with van der Waals surface area (Å²) in [6.45, 7) is 1.54. The van der Waals surface area contributed by atoms with Gasteiger partial charge in [-0.15, -0.1) is 0 Å². The Kier molecular flexibility index (Phi) is 6.43. The first-order valence-electron chi connectivity index (χ1n) is 8.39. The third-order valence-corrected chi connectivity index (χ3v) is 3.93. The minimum atomic E-state index is -5.26. The van der Waals surface area contributed by atoms with Crippen LogP contribution in [-0.4, -0.2) is 9.55 Å². The summed E-state index contributed by atoms with van der Waals surface area (Å²) in [5.74, 6) is -0.867. The Hall–Kier alpha value is -2.73. The van der Waals surface area contributed by atoms with Crippen LogP contribution in [0, 0.1) is 0 Å². The molecular formula is C17H14F9N3O. The standard InChI is InChI=1S/C17H14F9N3O/c1-2-3-6-29-13(30)8-12(17(24,25)26)28-14(29)27-11-5-4-9(15(18,19)20)7-10(11)16(21,22)23/h4-5,7-8H,2-3,6H2,1H3,(H,27,28). The van der Waals surface area contributed by atoms with Crippen LogP contribution in [0.5, 0.6) is 0 Å². The lowest BCUT2D eigenvalue weighted by Crippen LogP contribution is -2.27. The lowest BCUT2D eigenvalue weighted by atomic mass is 10.1. The van der Waals surface area contributed by atoms with E-state index < -0.39 is 52.5 Å². The number of aromatic nitrogens is 2. The van der Waals surface area contributed by atoms with E-state index in [0.717, 1.165) is 0 Å². The zero-order valence-electron chi connectivity index (χ0n) is 15.1. The number of nitrogens with one attached hydrogen (secondary N) is 1. The quantitative estimate of drug-likeness (QED) is 0.586. The van der Waals surface area contributed by atoms with Gasteiger partial charge in [0.1, 0.15) is 0 Å². The molecule has 13 heteroatoms. The van der Waals surface area contributed by atoms with Gasteiger partial charge in [-0.05, 0) is 24.6 Å². The van der Waals surface area contributed by atoms with Gasteiger partial charge in [0, 0.05) is 12.6 Å². The van der Waals surface area contributed by atoms with Crippen LogP contribution in [0.3, 0.4) is 0 Å². The average Bonchev–Trinajstić information content (AvgIpc) is 2.58. The van der Waals surface area contributed by atoms with E-state index in [2.05, 4.69) is 4.98 Å². The number of rotatable bonds is 5. The lowest BCUT2D eigenvalue weighted by Gasteiger charge is -2.19. The molecule has 2 aromatic rings. The highest BCUT2D eigenvalue weighted by Gasteiger charge is 2.39. The molecule has 0 aliphatic heterocycles. The Labute approximate surface area is 163 Å². The van der Waals surface area contributed by atoms with Crippen LogP contribution >= 0.6 is 0 Å². The first-order valence-corrected chi connectivity index (χ1v) is 8.39. The summed E-state index contributed by atoms with van der Waals surface area (Å²) in [6.07, 6.45) is -14.6. The number of unbranched alkanes of at least 4 members (excludes halogenated alkanes) is 1. The predicted octanol–water partition coefficient (Wildman–Crippen LogP) is 5.84. The highest BCUT2D eigenvalue weighted by molar-refractivity contribution is 5.61. The van der Waals surface area contributed by atoms with Gasteiger partial charge < -0.3 is 5.32 Å². The van der Waals surface area contributed by atoms with E-state index in [1.165, 1.54) is 0 Å². The predicted molar refractivity (Wildman–Crippen MR) is 88.1 cm³/mol. The van der Waals surface area contributed by atoms with Crippen molar-refractivity contribution in [2.45, 2.75) is 44.8 Å². The molecule has 0 bridgehead atoms. The van der Waals surface area contributed by atoms with E-state index in [4.69, 9.17) is 0 Å². The molecule has 1 aromatic carbocycles. The van der Waals surface area contributed by atoms with Crippen LogP contribution in [0.15, 0.2) is 29.1 Å². The number of alkyl halides is 9. The zero-order valence-corrected chi connectivity index (χ0v) is 15.1. The molecule has 0 saturated carbocycles. The third kappa shape index (κ3) is 5.45. The maximum Gasteiger partial charge on any atom is 0.433 e. The molecule has 0 aliphatic rings. The third-order valence-electron chi connectivity index (χ3n) is 3.93. The van der Waals surface area contributed by atoms with Crippen molar-refractivity contribution in [3.05, 3.63) is 51.4 Å². The maximum atomic E-state index is 13.3. The largest absolute Gasteiger partial charge is 0.433 e. The van der Waals surface area contributed by atoms with E-state index >= 15 is 0 Å². The van der Waals surface area contributed by atoms with Crippen molar-refractivity contribution in [2.24, 2.45) is 0 Å². The van der Waals surface area contributed by atoms with Gasteiger partial charge in [-0.3, -0.25) is 9.36 Å². The van der Waals surface area contributed by atoms with Gasteiger partial charge in [0.05, 0.1) is 16.8 Å². The van der Waals surface area contributed by atoms with Crippen LogP contribution in [0.1, 0.15) is 36.6 Å². The smallest absolute Gasteiger partial charge is 0.325 e. The van der Waals surface area contributed by atoms with Crippen molar-refractivity contribution < 1.29 is 39.5 Å². The van der Waals surface area contributed by atoms with Crippen molar-refractivity contribution in [3.63, 3.8) is 0 Å². The van der Waals surface area contributed by atoms with Gasteiger partial charge in [0.2, 0.25) is 5.95 Å². The number of nitrogens with zero attached hydrogens (tertiary/aromatic N) is 2. The van der Waals surface area contributed by atoms with Crippen LogP contribution < -0.4 is 10.9 Å². The fourth-order valence-corrected chi connectivity index (χ4v) is 2.46. The number of anilines is 2. The summed E-state index contributed by atoms with van der Waals surface area (Å²) in [7, 11) is 0. The summed E-state index contributed by atoms with van der Waals surface area (Å²) in [6, 6.07) is 0.768. The molecule has 1 aromatic heterocycles. The number of hydrogen-bond acceptors (Lipinski definition) is 3. The second-order valence-corrected chi connectivity index (χ2v) is 6.19. The first-order chi connectivity index (χ1) is 13.6. The highest BCUT2D eigenvalue weighted by atomic mass is 19.4. The van der Waals surface area contributed by atoms with Gasteiger partial charge in [0.15, 0.2) is 5.69 Å². The Bertz CT molecular complexity index is 959. The van der Waals surface area contributed by atoms with E-state index in [9.17, 15) is 44.3 Å². The Balaban J connectivity index is 2.65. The molecule has 0 fully saturated rings. The lowest BCUT2D eigenvalue weighted by molar-refractivity contribution is -0.143. The molecule has 0 amide bonds. The Morgan fingerprint density at radius 3 is 2.07 bits per heavy atom. The molecule has 0 radical (unpaired) electrons. The van der Waals surface area contributed by atoms with Gasteiger partial charge in [0.25, 0.3) is 5.56 Å². The monoisotopic (exact) mass is 447 g/mol. The minimum Gasteiger partial charge on any atom is -0.325 e. The normalized spacial score (nSPS) is 12.9. The fraction of sp³-hybridized carbons (Fsp3) is 0.412. The zero-order chi connectivity index (χ0) is 22.9. The molecular weight excluding hydrogens is 433 g/mol. The SMILES string of the molecule is CCCCn1c(Nc2ccc(C(F)(F)F)cc2C(F)(F)F)nc(C(F)(F)F)cc1=O. The summed E-state index contributed by atoms with van der Waals surface area (Å²) in [5, 5.41) is 1.95. The topological polar surface area (TPSA) is 46.9 Å². The van der Waals surface area contributed by atoms with Gasteiger partial charge in [-0.25, -0.2) is 4.98 Å². The van der Waals surface area contributed by atoms with Crippen molar-refractivity contribution in [1.29, 1.82) is 0 Å². The van der Waals surface area contributed by atoms with Crippen molar-refractivity contribution >= 4 is 11.6 Å². The van der Waals surface area contributed by atoms with Crippen LogP contribution in [-0.2, 0) is 25.1 Å². The molecule has 166 valence electrons. The van der Waals surface area contributed by atoms with Gasteiger partial charge in [-0.2, -0.15) is 39.5 Å². The number of benzene rings is 1. The fourth-order valence-electron chi connectivity index (χ4n) is 2.46. The molecule has 1 heterocycles. The molecule has 0 atom stereocenters. The van der Waals surface area contributed by atoms with Crippen molar-refractivity contribution in [1.82, 2.24) is 9.55 Å². The molecule has 1 N–H and O–H groups in total. The van der Waals surface area contributed by atoms with Crippen LogP contribution in [0.25, 0.3) is 0 Å². The van der Waals surface area contributed by atoms with Crippen molar-refractivity contribution in [2.75, 3.05) is 5.32 Å². The first kappa shape index (κ1) is 23.5. The molecule has 0 unspecified atom stereocenters. The highest BCUT2D eigenvalue weighted by Crippen LogP contribution is 2.40. The van der Waals surface area contributed by atoms with E-state index in [1.54, 1.807) is 6.92 Å². The molecule has 30 heavy (non-hydrogen) atoms. The molecule has 4 nitrogen and oxygen atoms in total. The number of halogens is 9. The maximum absolute atomic E-state index is 13.3. The van der Waals surface area contributed by atoms with Gasteiger partial charge >= 0.3 is 18.5 Å². The second kappa shape index (κ2) is 8.19. The van der Waals surface area contributed by atoms with Crippen molar-refractivity contribution in [3.8, 4) is 0 Å². The minimum absolute atomic E-state index is 0.162. The average molecular weight is 447 g/mol. The Morgan fingerprint density at radius 2 is 1.57 bits per heavy atom. The van der Waals surface area contributed by atoms with E-state index in [1.807, 2.05) is 5.32 Å². The molecule has 0 aliphatic carbocycles. The number of hydrogen-bond donors (Lipinski definition) is 1. The summed E-state index contributed by atoms with van der Waals surface area (Å²) < 4.78 is 118. The van der Waals surface area contributed by atoms with Crippen LogP contribution in [0.2, 0.25) is 0 Å². The molecule has 0 saturated heterocycles. The second-order valence-electron chi connectivity index (χ2n) is 6.19. The van der Waals surface area contributed by atoms with Crippen LogP contribution in [0.4, 0.5) is 51.1 Å². The van der Waals surface area contributed by atoms with Gasteiger partial charge in [-0.1, -0.05) is 13.3 Å². The molecule has 0 spiro atoms.